The molecule has 1 aromatic heterocycles. The van der Waals surface area contributed by atoms with Gasteiger partial charge >= 0.3 is 0 Å². The molecule has 0 saturated carbocycles. The van der Waals surface area contributed by atoms with E-state index in [1.165, 1.54) is 0 Å². The van der Waals surface area contributed by atoms with Crippen LogP contribution in [0.2, 0.25) is 5.02 Å². The quantitative estimate of drug-likeness (QED) is 0.769. The van der Waals surface area contributed by atoms with Crippen molar-refractivity contribution in [3.8, 4) is 0 Å². The Hall–Kier alpha value is -2.26. The topological polar surface area (TPSA) is 42.2 Å². The van der Waals surface area contributed by atoms with Crippen LogP contribution in [-0.4, -0.2) is 5.91 Å². The fraction of sp³-hybridized carbons (Fsp3) is 0.118. The van der Waals surface area contributed by atoms with Crippen LogP contribution in [0, 0.1) is 0 Å². The second-order valence-electron chi connectivity index (χ2n) is 4.89. The molecule has 0 aliphatic rings. The molecule has 106 valence electrons. The lowest BCUT2D eigenvalue weighted by atomic mass is 10.1. The molecular weight excluding hydrogens is 286 g/mol. The molecule has 0 saturated heterocycles. The molecule has 0 aliphatic carbocycles. The minimum absolute atomic E-state index is 0.153. The maximum absolute atomic E-state index is 12.2. The summed E-state index contributed by atoms with van der Waals surface area (Å²) >= 11 is 5.82. The zero-order valence-corrected chi connectivity index (χ0v) is 12.2. The van der Waals surface area contributed by atoms with Crippen LogP contribution >= 0.6 is 11.6 Å². The van der Waals surface area contributed by atoms with E-state index >= 15 is 0 Å². The van der Waals surface area contributed by atoms with Gasteiger partial charge in [-0.25, -0.2) is 0 Å². The van der Waals surface area contributed by atoms with Crippen molar-refractivity contribution >= 4 is 28.5 Å². The molecular formula is C17H14ClNO2. The summed E-state index contributed by atoms with van der Waals surface area (Å²) in [6.45, 7) is 1.89. The second-order valence-corrected chi connectivity index (χ2v) is 5.33. The molecule has 21 heavy (non-hydrogen) atoms. The van der Waals surface area contributed by atoms with Gasteiger partial charge in [-0.05, 0) is 43.3 Å². The van der Waals surface area contributed by atoms with Gasteiger partial charge in [-0.15, -0.1) is 0 Å². The minimum Gasteiger partial charge on any atom is -0.459 e. The Morgan fingerprint density at radius 3 is 2.57 bits per heavy atom. The van der Waals surface area contributed by atoms with Gasteiger partial charge in [0.25, 0.3) is 5.91 Å². The molecule has 0 spiro atoms. The second kappa shape index (κ2) is 5.62. The third-order valence-corrected chi connectivity index (χ3v) is 3.58. The number of benzene rings is 2. The zero-order chi connectivity index (χ0) is 14.8. The van der Waals surface area contributed by atoms with Crippen molar-refractivity contribution in [2.24, 2.45) is 0 Å². The van der Waals surface area contributed by atoms with E-state index < -0.39 is 0 Å². The molecule has 3 nitrogen and oxygen atoms in total. The SMILES string of the molecule is C[C@H](NC(=O)c1ccc(Cl)cc1)c1cc2ccccc2o1. The van der Waals surface area contributed by atoms with Crippen LogP contribution in [-0.2, 0) is 0 Å². The maximum Gasteiger partial charge on any atom is 0.251 e. The summed E-state index contributed by atoms with van der Waals surface area (Å²) in [5.74, 6) is 0.582. The van der Waals surface area contributed by atoms with Gasteiger partial charge in [0.15, 0.2) is 0 Å². The van der Waals surface area contributed by atoms with Crippen LogP contribution in [0.25, 0.3) is 11.0 Å². The lowest BCUT2D eigenvalue weighted by molar-refractivity contribution is 0.0935. The Morgan fingerprint density at radius 1 is 1.14 bits per heavy atom. The van der Waals surface area contributed by atoms with E-state index in [4.69, 9.17) is 16.0 Å². The highest BCUT2D eigenvalue weighted by atomic mass is 35.5. The predicted molar refractivity (Wildman–Crippen MR) is 83.5 cm³/mol. The molecule has 1 N–H and O–H groups in total. The Balaban J connectivity index is 1.77. The number of hydrogen-bond donors (Lipinski definition) is 1. The minimum atomic E-state index is -0.208. The van der Waals surface area contributed by atoms with E-state index in [0.717, 1.165) is 16.7 Å². The first-order chi connectivity index (χ1) is 10.1. The number of carbonyl (C=O) groups excluding carboxylic acids is 1. The van der Waals surface area contributed by atoms with Crippen molar-refractivity contribution < 1.29 is 9.21 Å². The van der Waals surface area contributed by atoms with E-state index in [0.29, 0.717) is 10.6 Å². The van der Waals surface area contributed by atoms with Gasteiger partial charge in [0.05, 0.1) is 6.04 Å². The van der Waals surface area contributed by atoms with E-state index in [1.807, 2.05) is 37.3 Å². The molecule has 1 amide bonds. The average molecular weight is 300 g/mol. The number of hydrogen-bond acceptors (Lipinski definition) is 2. The van der Waals surface area contributed by atoms with Crippen molar-refractivity contribution in [3.63, 3.8) is 0 Å². The smallest absolute Gasteiger partial charge is 0.251 e. The Bertz CT molecular complexity index is 744. The molecule has 0 aliphatic heterocycles. The first-order valence-corrected chi connectivity index (χ1v) is 7.06. The monoisotopic (exact) mass is 299 g/mol. The normalized spacial score (nSPS) is 12.3. The molecule has 3 aromatic rings. The third kappa shape index (κ3) is 2.93. The molecule has 0 radical (unpaired) electrons. The third-order valence-electron chi connectivity index (χ3n) is 3.33. The lowest BCUT2D eigenvalue weighted by Gasteiger charge is -2.11. The van der Waals surface area contributed by atoms with Crippen LogP contribution in [0.5, 0.6) is 0 Å². The largest absolute Gasteiger partial charge is 0.459 e. The predicted octanol–water partition coefficient (Wildman–Crippen LogP) is 4.58. The molecule has 2 aromatic carbocycles. The summed E-state index contributed by atoms with van der Waals surface area (Å²) in [6, 6.07) is 16.3. The van der Waals surface area contributed by atoms with Crippen molar-refractivity contribution in [1.29, 1.82) is 0 Å². The van der Waals surface area contributed by atoms with Crippen molar-refractivity contribution in [2.45, 2.75) is 13.0 Å². The van der Waals surface area contributed by atoms with Gasteiger partial charge in [-0.3, -0.25) is 4.79 Å². The molecule has 1 heterocycles. The Kier molecular flexibility index (Phi) is 3.67. The van der Waals surface area contributed by atoms with Crippen LogP contribution in [0.3, 0.4) is 0 Å². The Morgan fingerprint density at radius 2 is 1.86 bits per heavy atom. The Labute approximate surface area is 127 Å². The van der Waals surface area contributed by atoms with Crippen LogP contribution in [0.4, 0.5) is 0 Å². The summed E-state index contributed by atoms with van der Waals surface area (Å²) in [6.07, 6.45) is 0. The van der Waals surface area contributed by atoms with Gasteiger partial charge < -0.3 is 9.73 Å². The highest BCUT2D eigenvalue weighted by Crippen LogP contribution is 2.23. The average Bonchev–Trinajstić information content (AvgIpc) is 2.92. The van der Waals surface area contributed by atoms with Crippen molar-refractivity contribution in [1.82, 2.24) is 5.32 Å². The van der Waals surface area contributed by atoms with Gasteiger partial charge in [0.2, 0.25) is 0 Å². The molecule has 0 fully saturated rings. The fourth-order valence-corrected chi connectivity index (χ4v) is 2.29. The van der Waals surface area contributed by atoms with Crippen molar-refractivity contribution in [2.75, 3.05) is 0 Å². The standard InChI is InChI=1S/C17H14ClNO2/c1-11(16-10-13-4-2-3-5-15(13)21-16)19-17(20)12-6-8-14(18)9-7-12/h2-11H,1H3,(H,19,20)/t11-/m0/s1. The van der Waals surface area contributed by atoms with Gasteiger partial charge in [-0.2, -0.15) is 0 Å². The molecule has 3 rings (SSSR count). The molecule has 0 unspecified atom stereocenters. The first-order valence-electron chi connectivity index (χ1n) is 6.68. The summed E-state index contributed by atoms with van der Waals surface area (Å²) in [7, 11) is 0. The lowest BCUT2D eigenvalue weighted by Crippen LogP contribution is -2.26. The van der Waals surface area contributed by atoms with E-state index in [2.05, 4.69) is 5.32 Å². The maximum atomic E-state index is 12.2. The first kappa shape index (κ1) is 13.7. The van der Waals surface area contributed by atoms with Crippen LogP contribution < -0.4 is 5.32 Å². The summed E-state index contributed by atoms with van der Waals surface area (Å²) in [5.41, 5.74) is 1.39. The van der Waals surface area contributed by atoms with Crippen LogP contribution in [0.15, 0.2) is 59.0 Å². The van der Waals surface area contributed by atoms with Gasteiger partial charge in [0, 0.05) is 16.0 Å². The fourth-order valence-electron chi connectivity index (χ4n) is 2.17. The highest BCUT2D eigenvalue weighted by Gasteiger charge is 2.15. The molecule has 0 bridgehead atoms. The number of furan rings is 1. The number of nitrogens with one attached hydrogen (secondary N) is 1. The summed E-state index contributed by atoms with van der Waals surface area (Å²) < 4.78 is 5.75. The van der Waals surface area contributed by atoms with Crippen LogP contribution in [0.1, 0.15) is 29.1 Å². The number of carbonyl (C=O) groups is 1. The van der Waals surface area contributed by atoms with E-state index in [1.54, 1.807) is 24.3 Å². The summed E-state index contributed by atoms with van der Waals surface area (Å²) in [4.78, 5) is 12.2. The zero-order valence-electron chi connectivity index (χ0n) is 11.5. The van der Waals surface area contributed by atoms with Gasteiger partial charge in [-0.1, -0.05) is 29.8 Å². The number of fused-ring (bicyclic) bond motifs is 1. The van der Waals surface area contributed by atoms with E-state index in [9.17, 15) is 4.79 Å². The van der Waals surface area contributed by atoms with Gasteiger partial charge in [0.1, 0.15) is 11.3 Å². The number of halogens is 1. The molecule has 4 heteroatoms. The molecule has 1 atom stereocenters. The number of rotatable bonds is 3. The summed E-state index contributed by atoms with van der Waals surface area (Å²) in [5, 5.41) is 4.55. The van der Waals surface area contributed by atoms with E-state index in [-0.39, 0.29) is 11.9 Å². The number of para-hydroxylation sites is 1. The van der Waals surface area contributed by atoms with Crippen molar-refractivity contribution in [3.05, 3.63) is 70.9 Å². The number of amides is 1. The highest BCUT2D eigenvalue weighted by molar-refractivity contribution is 6.30.